The highest BCUT2D eigenvalue weighted by atomic mass is 14.2. The Morgan fingerprint density at radius 2 is 1.46 bits per heavy atom. The fraction of sp³-hybridized carbons (Fsp3) is 0.200. The van der Waals surface area contributed by atoms with Crippen molar-refractivity contribution in [1.82, 2.24) is 0 Å². The predicted octanol–water partition coefficient (Wildman–Crippen LogP) is 10.7. The van der Waals surface area contributed by atoms with E-state index in [2.05, 4.69) is 130 Å². The number of hydrogen-bond acceptors (Lipinski definition) is 0. The first kappa shape index (κ1) is 24.5. The van der Waals surface area contributed by atoms with Gasteiger partial charge in [0.1, 0.15) is 0 Å². The van der Waals surface area contributed by atoms with Crippen LogP contribution in [0, 0.1) is 5.92 Å². The fourth-order valence-electron chi connectivity index (χ4n) is 5.15. The first-order valence-electron chi connectivity index (χ1n) is 12.9. The molecule has 0 N–H and O–H groups in total. The molecule has 0 heteroatoms. The van der Waals surface area contributed by atoms with Crippen molar-refractivity contribution < 1.29 is 0 Å². The van der Waals surface area contributed by atoms with Crippen LogP contribution in [0.5, 0.6) is 0 Å². The van der Waals surface area contributed by atoms with Crippen LogP contribution in [-0.2, 0) is 0 Å². The number of rotatable bonds is 4. The SMILES string of the molecule is CC.C\C=C/C=C(\C=C\C)c1c2ccccc2c(C2=CC=CC(C)C2)c2cc3ccccc3cc12. The summed E-state index contributed by atoms with van der Waals surface area (Å²) in [5.41, 5.74) is 5.37. The van der Waals surface area contributed by atoms with Crippen LogP contribution in [0.3, 0.4) is 0 Å². The largest absolute Gasteiger partial charge is 0.0876 e. The molecule has 0 amide bonds. The van der Waals surface area contributed by atoms with Gasteiger partial charge in [-0.1, -0.05) is 118 Å². The summed E-state index contributed by atoms with van der Waals surface area (Å²) >= 11 is 0. The second kappa shape index (κ2) is 11.2. The lowest BCUT2D eigenvalue weighted by Gasteiger charge is -2.22. The van der Waals surface area contributed by atoms with E-state index in [0.717, 1.165) is 6.42 Å². The monoisotopic (exact) mass is 456 g/mol. The van der Waals surface area contributed by atoms with E-state index >= 15 is 0 Å². The van der Waals surface area contributed by atoms with Crippen molar-refractivity contribution in [2.24, 2.45) is 5.92 Å². The minimum absolute atomic E-state index is 0.548. The highest BCUT2D eigenvalue weighted by Gasteiger charge is 2.20. The summed E-state index contributed by atoms with van der Waals surface area (Å²) in [5, 5.41) is 7.88. The summed E-state index contributed by atoms with van der Waals surface area (Å²) in [6.07, 6.45) is 18.8. The van der Waals surface area contributed by atoms with Crippen LogP contribution in [0.15, 0.2) is 109 Å². The summed E-state index contributed by atoms with van der Waals surface area (Å²) in [6.45, 7) is 10.5. The van der Waals surface area contributed by atoms with Gasteiger partial charge >= 0.3 is 0 Å². The van der Waals surface area contributed by atoms with Crippen molar-refractivity contribution in [1.29, 1.82) is 0 Å². The van der Waals surface area contributed by atoms with Crippen LogP contribution in [0.2, 0.25) is 0 Å². The van der Waals surface area contributed by atoms with Gasteiger partial charge in [-0.3, -0.25) is 0 Å². The van der Waals surface area contributed by atoms with Gasteiger partial charge in [-0.2, -0.15) is 0 Å². The first-order valence-corrected chi connectivity index (χ1v) is 12.9. The Kier molecular flexibility index (Phi) is 7.83. The molecule has 1 aliphatic carbocycles. The molecule has 0 fully saturated rings. The van der Waals surface area contributed by atoms with E-state index in [4.69, 9.17) is 0 Å². The Morgan fingerprint density at radius 1 is 0.800 bits per heavy atom. The van der Waals surface area contributed by atoms with Crippen LogP contribution in [0.1, 0.15) is 52.2 Å². The second-order valence-corrected chi connectivity index (χ2v) is 8.95. The Labute approximate surface area is 210 Å². The van der Waals surface area contributed by atoms with E-state index in [9.17, 15) is 0 Å². The topological polar surface area (TPSA) is 0 Å². The summed E-state index contributed by atoms with van der Waals surface area (Å²) in [4.78, 5) is 0. The third-order valence-electron chi connectivity index (χ3n) is 6.59. The molecule has 4 aromatic carbocycles. The van der Waals surface area contributed by atoms with Crippen molar-refractivity contribution >= 4 is 43.5 Å². The van der Waals surface area contributed by atoms with Gasteiger partial charge in [0.25, 0.3) is 0 Å². The molecule has 1 atom stereocenters. The third-order valence-corrected chi connectivity index (χ3v) is 6.59. The lowest BCUT2D eigenvalue weighted by atomic mass is 9.81. The molecule has 4 aromatic rings. The molecule has 0 saturated heterocycles. The maximum absolute atomic E-state index is 2.41. The predicted molar refractivity (Wildman–Crippen MR) is 159 cm³/mol. The van der Waals surface area contributed by atoms with Gasteiger partial charge in [-0.05, 0) is 92.9 Å². The normalized spacial score (nSPS) is 16.3. The molecular weight excluding hydrogens is 420 g/mol. The number of hydrogen-bond donors (Lipinski definition) is 0. The van der Waals surface area contributed by atoms with E-state index < -0.39 is 0 Å². The van der Waals surface area contributed by atoms with Crippen molar-refractivity contribution in [2.45, 2.75) is 41.0 Å². The maximum Gasteiger partial charge on any atom is -0.00263 e. The van der Waals surface area contributed by atoms with E-state index in [1.807, 2.05) is 13.8 Å². The minimum atomic E-state index is 0.548. The van der Waals surface area contributed by atoms with E-state index in [1.54, 1.807) is 0 Å². The molecule has 35 heavy (non-hydrogen) atoms. The van der Waals surface area contributed by atoms with Crippen LogP contribution < -0.4 is 0 Å². The van der Waals surface area contributed by atoms with Crippen molar-refractivity contribution in [3.05, 3.63) is 120 Å². The fourth-order valence-corrected chi connectivity index (χ4v) is 5.15. The zero-order valence-corrected chi connectivity index (χ0v) is 21.7. The molecule has 0 heterocycles. The second-order valence-electron chi connectivity index (χ2n) is 8.95. The number of benzene rings is 4. The van der Waals surface area contributed by atoms with E-state index in [0.29, 0.717) is 5.92 Å². The standard InChI is InChI=1S/C33H30.C2H6/c1-4-6-14-24(12-5-2)32-28-18-9-10-19-29(28)33(27-17-11-13-23(3)20-27)31-22-26-16-8-7-15-25(26)21-30(31)32;1-2/h4-19,21-23H,20H2,1-3H3;1-2H3/b6-4-,12-5+,24-14+;. The van der Waals surface area contributed by atoms with Gasteiger partial charge in [-0.25, -0.2) is 0 Å². The van der Waals surface area contributed by atoms with Crippen LogP contribution in [0.25, 0.3) is 43.5 Å². The molecular formula is C35H36. The van der Waals surface area contributed by atoms with Crippen LogP contribution >= 0.6 is 0 Å². The summed E-state index contributed by atoms with van der Waals surface area (Å²) < 4.78 is 0. The Balaban J connectivity index is 0.00000141. The molecule has 176 valence electrons. The van der Waals surface area contributed by atoms with Gasteiger partial charge in [0.2, 0.25) is 0 Å². The smallest absolute Gasteiger partial charge is 0.00263 e. The molecule has 0 aromatic heterocycles. The maximum atomic E-state index is 2.41. The molecule has 1 unspecified atom stereocenters. The quantitative estimate of drug-likeness (QED) is 0.211. The van der Waals surface area contributed by atoms with E-state index in [1.165, 1.54) is 54.6 Å². The van der Waals surface area contributed by atoms with Gasteiger partial charge in [0.15, 0.2) is 0 Å². The molecule has 1 aliphatic rings. The van der Waals surface area contributed by atoms with Gasteiger partial charge < -0.3 is 0 Å². The Hall–Kier alpha value is -3.64. The summed E-state index contributed by atoms with van der Waals surface area (Å²) in [7, 11) is 0. The number of allylic oxidation sites excluding steroid dienone is 10. The average molecular weight is 457 g/mol. The van der Waals surface area contributed by atoms with E-state index in [-0.39, 0.29) is 0 Å². The molecule has 0 aliphatic heterocycles. The zero-order chi connectivity index (χ0) is 24.8. The highest BCUT2D eigenvalue weighted by molar-refractivity contribution is 6.19. The molecule has 0 radical (unpaired) electrons. The van der Waals surface area contributed by atoms with Crippen molar-refractivity contribution in [3.63, 3.8) is 0 Å². The molecule has 0 nitrogen and oxygen atoms in total. The van der Waals surface area contributed by atoms with Crippen LogP contribution in [0.4, 0.5) is 0 Å². The van der Waals surface area contributed by atoms with Gasteiger partial charge in [-0.15, -0.1) is 0 Å². The lowest BCUT2D eigenvalue weighted by molar-refractivity contribution is 0.750. The number of fused-ring (bicyclic) bond motifs is 3. The highest BCUT2D eigenvalue weighted by Crippen LogP contribution is 2.43. The molecule has 5 rings (SSSR count). The summed E-state index contributed by atoms with van der Waals surface area (Å²) in [6, 6.07) is 22.5. The Morgan fingerprint density at radius 3 is 2.11 bits per heavy atom. The average Bonchev–Trinajstić information content (AvgIpc) is 2.90. The molecule has 0 spiro atoms. The first-order chi connectivity index (χ1) is 17.2. The minimum Gasteiger partial charge on any atom is -0.0876 e. The summed E-state index contributed by atoms with van der Waals surface area (Å²) in [5.74, 6) is 0.548. The zero-order valence-electron chi connectivity index (χ0n) is 21.7. The van der Waals surface area contributed by atoms with Crippen molar-refractivity contribution in [2.75, 3.05) is 0 Å². The molecule has 0 bridgehead atoms. The lowest BCUT2D eigenvalue weighted by Crippen LogP contribution is -2.01. The Bertz CT molecular complexity index is 1500. The third kappa shape index (κ3) is 4.80. The van der Waals surface area contributed by atoms with Gasteiger partial charge in [0, 0.05) is 0 Å². The van der Waals surface area contributed by atoms with Crippen molar-refractivity contribution in [3.8, 4) is 0 Å². The van der Waals surface area contributed by atoms with Crippen LogP contribution in [-0.4, -0.2) is 0 Å². The molecule has 0 saturated carbocycles. The van der Waals surface area contributed by atoms with Gasteiger partial charge in [0.05, 0.1) is 0 Å².